The van der Waals surface area contributed by atoms with Crippen LogP contribution in [0.2, 0.25) is 0 Å². The highest BCUT2D eigenvalue weighted by Crippen LogP contribution is 2.11. The monoisotopic (exact) mass is 271 g/mol. The number of carbonyl (C=O) groups excluding carboxylic acids is 1. The minimum atomic E-state index is -0.206. The maximum atomic E-state index is 11.7. The zero-order valence-corrected chi connectivity index (χ0v) is 10.9. The summed E-state index contributed by atoms with van der Waals surface area (Å²) in [7, 11) is 1.59. The number of aromatic nitrogens is 3. The Balaban J connectivity index is 1.87. The van der Waals surface area contributed by atoms with E-state index in [4.69, 9.17) is 10.00 Å². The molecule has 0 saturated carbocycles. The van der Waals surface area contributed by atoms with Gasteiger partial charge in [-0.2, -0.15) is 5.26 Å². The van der Waals surface area contributed by atoms with E-state index in [0.717, 1.165) is 11.3 Å². The molecule has 7 nitrogen and oxygen atoms in total. The van der Waals surface area contributed by atoms with Gasteiger partial charge >= 0.3 is 0 Å². The summed E-state index contributed by atoms with van der Waals surface area (Å²) in [5.74, 6) is 0.583. The van der Waals surface area contributed by atoms with Crippen molar-refractivity contribution in [2.75, 3.05) is 7.11 Å². The van der Waals surface area contributed by atoms with Crippen LogP contribution in [-0.4, -0.2) is 27.8 Å². The summed E-state index contributed by atoms with van der Waals surface area (Å²) >= 11 is 0. The van der Waals surface area contributed by atoms with Gasteiger partial charge in [-0.15, -0.1) is 5.10 Å². The molecule has 0 aliphatic rings. The Morgan fingerprint density at radius 2 is 2.40 bits per heavy atom. The van der Waals surface area contributed by atoms with Crippen LogP contribution >= 0.6 is 0 Å². The normalized spacial score (nSPS) is 9.80. The van der Waals surface area contributed by atoms with Gasteiger partial charge in [-0.05, 0) is 17.7 Å². The lowest BCUT2D eigenvalue weighted by atomic mass is 10.2. The van der Waals surface area contributed by atoms with Crippen molar-refractivity contribution in [1.82, 2.24) is 20.1 Å². The fourth-order valence-electron chi connectivity index (χ4n) is 1.61. The molecule has 0 radical (unpaired) electrons. The molecule has 0 spiro atoms. The number of benzene rings is 1. The third kappa shape index (κ3) is 3.55. The number of amides is 1. The molecule has 2 rings (SSSR count). The summed E-state index contributed by atoms with van der Waals surface area (Å²) in [5.41, 5.74) is 0.939. The van der Waals surface area contributed by atoms with Gasteiger partial charge in [0, 0.05) is 6.54 Å². The van der Waals surface area contributed by atoms with E-state index >= 15 is 0 Å². The third-order valence-corrected chi connectivity index (χ3v) is 2.57. The SMILES string of the molecule is COc1cccc(CNC(=O)Cn2cnc(C#N)n2)c1. The molecule has 1 aromatic heterocycles. The van der Waals surface area contributed by atoms with E-state index in [1.54, 1.807) is 13.2 Å². The lowest BCUT2D eigenvalue weighted by molar-refractivity contribution is -0.122. The molecular formula is C13H13N5O2. The number of methoxy groups -OCH3 is 1. The zero-order valence-electron chi connectivity index (χ0n) is 10.9. The molecule has 1 heterocycles. The lowest BCUT2D eigenvalue weighted by Gasteiger charge is -2.06. The Hall–Kier alpha value is -2.88. The number of nitriles is 1. The van der Waals surface area contributed by atoms with Gasteiger partial charge in [0.25, 0.3) is 5.82 Å². The molecular weight excluding hydrogens is 258 g/mol. The molecule has 2 aromatic rings. The molecule has 7 heteroatoms. The first-order chi connectivity index (χ1) is 9.71. The molecule has 0 atom stereocenters. The Morgan fingerprint density at radius 1 is 1.55 bits per heavy atom. The largest absolute Gasteiger partial charge is 0.497 e. The molecule has 0 aliphatic carbocycles. The van der Waals surface area contributed by atoms with Crippen LogP contribution in [-0.2, 0) is 17.9 Å². The smallest absolute Gasteiger partial charge is 0.252 e. The van der Waals surface area contributed by atoms with E-state index in [1.807, 2.05) is 24.3 Å². The number of hydrogen-bond donors (Lipinski definition) is 1. The predicted molar refractivity (Wildman–Crippen MR) is 69.6 cm³/mol. The highest BCUT2D eigenvalue weighted by molar-refractivity contribution is 5.75. The summed E-state index contributed by atoms with van der Waals surface area (Å²) in [6.07, 6.45) is 1.35. The van der Waals surface area contributed by atoms with E-state index in [2.05, 4.69) is 15.4 Å². The first-order valence-electron chi connectivity index (χ1n) is 5.90. The first kappa shape index (κ1) is 13.5. The molecule has 102 valence electrons. The summed E-state index contributed by atoms with van der Waals surface area (Å²) in [4.78, 5) is 15.4. The van der Waals surface area contributed by atoms with Crippen molar-refractivity contribution in [2.24, 2.45) is 0 Å². The van der Waals surface area contributed by atoms with Crippen molar-refractivity contribution in [3.8, 4) is 11.8 Å². The fraction of sp³-hybridized carbons (Fsp3) is 0.231. The second-order valence-corrected chi connectivity index (χ2v) is 4.01. The maximum absolute atomic E-state index is 11.7. The van der Waals surface area contributed by atoms with E-state index in [-0.39, 0.29) is 18.3 Å². The van der Waals surface area contributed by atoms with Crippen molar-refractivity contribution < 1.29 is 9.53 Å². The van der Waals surface area contributed by atoms with Gasteiger partial charge in [0.15, 0.2) is 0 Å². The average molecular weight is 271 g/mol. The lowest BCUT2D eigenvalue weighted by Crippen LogP contribution is -2.27. The molecule has 1 N–H and O–H groups in total. The van der Waals surface area contributed by atoms with Crippen molar-refractivity contribution in [3.05, 3.63) is 42.0 Å². The highest BCUT2D eigenvalue weighted by Gasteiger charge is 2.05. The van der Waals surface area contributed by atoms with Gasteiger partial charge in [0.05, 0.1) is 7.11 Å². The van der Waals surface area contributed by atoms with Crippen molar-refractivity contribution >= 4 is 5.91 Å². The molecule has 1 aromatic carbocycles. The summed E-state index contributed by atoms with van der Waals surface area (Å²) < 4.78 is 6.43. The minimum Gasteiger partial charge on any atom is -0.497 e. The number of hydrogen-bond acceptors (Lipinski definition) is 5. The van der Waals surface area contributed by atoms with Gasteiger partial charge in [-0.25, -0.2) is 9.67 Å². The quantitative estimate of drug-likeness (QED) is 0.853. The summed E-state index contributed by atoms with van der Waals surface area (Å²) in [6.45, 7) is 0.425. The van der Waals surface area contributed by atoms with Crippen LogP contribution in [0.1, 0.15) is 11.4 Å². The van der Waals surface area contributed by atoms with Crippen LogP contribution in [0, 0.1) is 11.3 Å². The second-order valence-electron chi connectivity index (χ2n) is 4.01. The van der Waals surface area contributed by atoms with Crippen LogP contribution in [0.25, 0.3) is 0 Å². The van der Waals surface area contributed by atoms with Crippen LogP contribution in [0.4, 0.5) is 0 Å². The molecule has 1 amide bonds. The Kier molecular flexibility index (Phi) is 4.29. The van der Waals surface area contributed by atoms with Gasteiger partial charge in [0.2, 0.25) is 5.91 Å². The number of carbonyl (C=O) groups is 1. The van der Waals surface area contributed by atoms with Crippen LogP contribution < -0.4 is 10.1 Å². The van der Waals surface area contributed by atoms with Crippen LogP contribution in [0.15, 0.2) is 30.6 Å². The predicted octanol–water partition coefficient (Wildman–Crippen LogP) is 0.475. The molecule has 0 bridgehead atoms. The van der Waals surface area contributed by atoms with Crippen molar-refractivity contribution in [3.63, 3.8) is 0 Å². The Labute approximate surface area is 115 Å². The molecule has 0 fully saturated rings. The minimum absolute atomic E-state index is 0.0264. The van der Waals surface area contributed by atoms with Gasteiger partial charge in [0.1, 0.15) is 24.7 Å². The zero-order chi connectivity index (χ0) is 14.4. The molecule has 0 aliphatic heterocycles. The van der Waals surface area contributed by atoms with Crippen LogP contribution in [0.5, 0.6) is 5.75 Å². The maximum Gasteiger partial charge on any atom is 0.252 e. The fourth-order valence-corrected chi connectivity index (χ4v) is 1.61. The van der Waals surface area contributed by atoms with E-state index < -0.39 is 0 Å². The van der Waals surface area contributed by atoms with E-state index in [0.29, 0.717) is 6.54 Å². The molecule has 0 unspecified atom stereocenters. The van der Waals surface area contributed by atoms with E-state index in [9.17, 15) is 4.79 Å². The number of rotatable bonds is 5. The van der Waals surface area contributed by atoms with Crippen LogP contribution in [0.3, 0.4) is 0 Å². The number of nitrogens with one attached hydrogen (secondary N) is 1. The average Bonchev–Trinajstić information content (AvgIpc) is 2.93. The topological polar surface area (TPSA) is 92.8 Å². The van der Waals surface area contributed by atoms with Crippen molar-refractivity contribution in [1.29, 1.82) is 5.26 Å². The highest BCUT2D eigenvalue weighted by atomic mass is 16.5. The molecule has 20 heavy (non-hydrogen) atoms. The Morgan fingerprint density at radius 3 is 3.10 bits per heavy atom. The Bertz CT molecular complexity index is 644. The number of nitrogens with zero attached hydrogens (tertiary/aromatic N) is 4. The van der Waals surface area contributed by atoms with E-state index in [1.165, 1.54) is 11.0 Å². The van der Waals surface area contributed by atoms with Gasteiger partial charge < -0.3 is 10.1 Å². The number of ether oxygens (including phenoxy) is 1. The van der Waals surface area contributed by atoms with Gasteiger partial charge in [-0.3, -0.25) is 4.79 Å². The third-order valence-electron chi connectivity index (χ3n) is 2.57. The second kappa shape index (κ2) is 6.33. The van der Waals surface area contributed by atoms with Gasteiger partial charge in [-0.1, -0.05) is 12.1 Å². The molecule has 0 saturated heterocycles. The summed E-state index contributed by atoms with van der Waals surface area (Å²) in [5, 5.41) is 15.2. The summed E-state index contributed by atoms with van der Waals surface area (Å²) in [6, 6.07) is 9.24. The first-order valence-corrected chi connectivity index (χ1v) is 5.90. The van der Waals surface area contributed by atoms with Crippen molar-refractivity contribution in [2.45, 2.75) is 13.1 Å². The standard InChI is InChI=1S/C13H13N5O2/c1-20-11-4-2-3-10(5-11)7-15-13(19)8-18-9-16-12(6-14)17-18/h2-5,9H,7-8H2,1H3,(H,15,19).